The van der Waals surface area contributed by atoms with Crippen LogP contribution in [-0.2, 0) is 14.3 Å². The van der Waals surface area contributed by atoms with Gasteiger partial charge in [0.05, 0.1) is 23.8 Å². The van der Waals surface area contributed by atoms with Crippen molar-refractivity contribution in [3.8, 4) is 0 Å². The number of nitrogens with zero attached hydrogens (tertiary/aromatic N) is 2. The number of aromatic nitrogens is 1. The highest BCUT2D eigenvalue weighted by Gasteiger charge is 2.21. The molecule has 0 saturated heterocycles. The second-order valence-electron chi connectivity index (χ2n) is 4.33. The molecule has 0 aliphatic carbocycles. The lowest BCUT2D eigenvalue weighted by Gasteiger charge is -2.21. The van der Waals surface area contributed by atoms with Crippen LogP contribution in [-0.4, -0.2) is 55.2 Å². The van der Waals surface area contributed by atoms with Crippen molar-refractivity contribution in [2.75, 3.05) is 33.4 Å². The topological polar surface area (TPSA) is 68.7 Å². The zero-order valence-corrected chi connectivity index (χ0v) is 13.1. The van der Waals surface area contributed by atoms with Crippen LogP contribution in [0.15, 0.2) is 12.3 Å². The molecule has 0 atom stereocenters. The largest absolute Gasteiger partial charge is 0.465 e. The zero-order valence-electron chi connectivity index (χ0n) is 12.4. The summed E-state index contributed by atoms with van der Waals surface area (Å²) in [6, 6.07) is 1.60. The van der Waals surface area contributed by atoms with Crippen LogP contribution >= 0.6 is 11.6 Å². The van der Waals surface area contributed by atoms with E-state index in [0.717, 1.165) is 0 Å². The van der Waals surface area contributed by atoms with Gasteiger partial charge in [-0.3, -0.25) is 14.6 Å². The van der Waals surface area contributed by atoms with Gasteiger partial charge in [-0.15, -0.1) is 0 Å². The van der Waals surface area contributed by atoms with Gasteiger partial charge in [-0.1, -0.05) is 11.6 Å². The standard InChI is InChI=1S/C14H19ClN2O4/c1-4-21-13(18)9-17(5-6-20-3)14(19)11-8-16-10(2)7-12(11)15/h7-8H,4-6,9H2,1-3H3. The van der Waals surface area contributed by atoms with E-state index in [1.807, 2.05) is 0 Å². The summed E-state index contributed by atoms with van der Waals surface area (Å²) in [4.78, 5) is 29.4. The molecule has 116 valence electrons. The van der Waals surface area contributed by atoms with Crippen LogP contribution in [0.1, 0.15) is 23.0 Å². The lowest BCUT2D eigenvalue weighted by molar-refractivity contribution is -0.143. The van der Waals surface area contributed by atoms with Gasteiger partial charge in [0.2, 0.25) is 0 Å². The quantitative estimate of drug-likeness (QED) is 0.716. The molecular weight excluding hydrogens is 296 g/mol. The van der Waals surface area contributed by atoms with Crippen molar-refractivity contribution < 1.29 is 19.1 Å². The summed E-state index contributed by atoms with van der Waals surface area (Å²) in [5.41, 5.74) is 0.966. The first-order valence-corrected chi connectivity index (χ1v) is 6.93. The molecule has 0 aliphatic heterocycles. The number of hydrogen-bond donors (Lipinski definition) is 0. The number of methoxy groups -OCH3 is 1. The molecule has 1 aromatic rings. The number of hydrogen-bond acceptors (Lipinski definition) is 5. The Hall–Kier alpha value is -1.66. The van der Waals surface area contributed by atoms with Gasteiger partial charge in [0, 0.05) is 25.5 Å². The number of aryl methyl sites for hydroxylation is 1. The SMILES string of the molecule is CCOC(=O)CN(CCOC)C(=O)c1cnc(C)cc1Cl. The molecule has 0 saturated carbocycles. The number of ether oxygens (including phenoxy) is 2. The number of amides is 1. The third-order valence-corrected chi connectivity index (χ3v) is 3.01. The van der Waals surface area contributed by atoms with Gasteiger partial charge in [-0.2, -0.15) is 0 Å². The summed E-state index contributed by atoms with van der Waals surface area (Å²) in [6.45, 7) is 4.17. The normalized spacial score (nSPS) is 10.3. The number of esters is 1. The molecule has 1 aromatic heterocycles. The highest BCUT2D eigenvalue weighted by Crippen LogP contribution is 2.17. The van der Waals surface area contributed by atoms with Crippen molar-refractivity contribution in [3.63, 3.8) is 0 Å². The average molecular weight is 315 g/mol. The minimum absolute atomic E-state index is 0.153. The first-order chi connectivity index (χ1) is 9.99. The Kier molecular flexibility index (Phi) is 7.11. The van der Waals surface area contributed by atoms with Crippen molar-refractivity contribution in [3.05, 3.63) is 28.5 Å². The Bertz CT molecular complexity index is 508. The Balaban J connectivity index is 2.90. The molecule has 1 amide bonds. The van der Waals surface area contributed by atoms with Gasteiger partial charge in [-0.25, -0.2) is 0 Å². The molecular formula is C14H19ClN2O4. The van der Waals surface area contributed by atoms with Crippen LogP contribution in [0.3, 0.4) is 0 Å². The summed E-state index contributed by atoms with van der Waals surface area (Å²) in [7, 11) is 1.52. The predicted molar refractivity (Wildman–Crippen MR) is 78.4 cm³/mol. The first-order valence-electron chi connectivity index (χ1n) is 6.55. The average Bonchev–Trinajstić information content (AvgIpc) is 2.43. The molecule has 0 bridgehead atoms. The van der Waals surface area contributed by atoms with Crippen LogP contribution in [0, 0.1) is 6.92 Å². The van der Waals surface area contributed by atoms with Crippen LogP contribution in [0.4, 0.5) is 0 Å². The van der Waals surface area contributed by atoms with E-state index >= 15 is 0 Å². The highest BCUT2D eigenvalue weighted by atomic mass is 35.5. The number of carbonyl (C=O) groups is 2. The lowest BCUT2D eigenvalue weighted by Crippen LogP contribution is -2.39. The Morgan fingerprint density at radius 2 is 2.14 bits per heavy atom. The van der Waals surface area contributed by atoms with Crippen LogP contribution in [0.2, 0.25) is 5.02 Å². The second-order valence-corrected chi connectivity index (χ2v) is 4.74. The van der Waals surface area contributed by atoms with Crippen molar-refractivity contribution in [1.82, 2.24) is 9.88 Å². The zero-order chi connectivity index (χ0) is 15.8. The summed E-state index contributed by atoms with van der Waals surface area (Å²) < 4.78 is 9.82. The van der Waals surface area contributed by atoms with Gasteiger partial charge < -0.3 is 14.4 Å². The van der Waals surface area contributed by atoms with E-state index in [9.17, 15) is 9.59 Å². The molecule has 0 fully saturated rings. The molecule has 21 heavy (non-hydrogen) atoms. The molecule has 1 heterocycles. The number of halogens is 1. The maximum absolute atomic E-state index is 12.5. The van der Waals surface area contributed by atoms with E-state index in [4.69, 9.17) is 21.1 Å². The molecule has 0 aliphatic rings. The van der Waals surface area contributed by atoms with Crippen LogP contribution < -0.4 is 0 Å². The van der Waals surface area contributed by atoms with Crippen LogP contribution in [0.5, 0.6) is 0 Å². The third kappa shape index (κ3) is 5.32. The fraction of sp³-hybridized carbons (Fsp3) is 0.500. The Labute approximate surface area is 129 Å². The maximum Gasteiger partial charge on any atom is 0.325 e. The summed E-state index contributed by atoms with van der Waals surface area (Å²) in [5, 5.41) is 0.304. The highest BCUT2D eigenvalue weighted by molar-refractivity contribution is 6.33. The number of rotatable bonds is 7. The molecule has 7 heteroatoms. The number of carbonyl (C=O) groups excluding carboxylic acids is 2. The van der Waals surface area contributed by atoms with E-state index in [0.29, 0.717) is 17.3 Å². The van der Waals surface area contributed by atoms with Crippen molar-refractivity contribution in [2.45, 2.75) is 13.8 Å². The molecule has 0 N–H and O–H groups in total. The van der Waals surface area contributed by atoms with E-state index in [1.54, 1.807) is 19.9 Å². The molecule has 0 radical (unpaired) electrons. The van der Waals surface area contributed by atoms with Gasteiger partial charge in [0.1, 0.15) is 6.54 Å². The monoisotopic (exact) mass is 314 g/mol. The van der Waals surface area contributed by atoms with Gasteiger partial charge in [0.25, 0.3) is 5.91 Å². The van der Waals surface area contributed by atoms with E-state index in [-0.39, 0.29) is 31.2 Å². The molecule has 1 rings (SSSR count). The minimum atomic E-state index is -0.474. The maximum atomic E-state index is 12.5. The predicted octanol–water partition coefficient (Wildman–Crippen LogP) is 1.70. The van der Waals surface area contributed by atoms with E-state index in [1.165, 1.54) is 18.2 Å². The van der Waals surface area contributed by atoms with Crippen molar-refractivity contribution in [1.29, 1.82) is 0 Å². The van der Waals surface area contributed by atoms with Gasteiger partial charge in [0.15, 0.2) is 0 Å². The first kappa shape index (κ1) is 17.4. The summed E-state index contributed by atoms with van der Waals surface area (Å²) in [6.07, 6.45) is 1.41. The van der Waals surface area contributed by atoms with Crippen molar-refractivity contribution in [2.24, 2.45) is 0 Å². The fourth-order valence-corrected chi connectivity index (χ4v) is 1.96. The molecule has 0 spiro atoms. The second kappa shape index (κ2) is 8.59. The molecule has 0 aromatic carbocycles. The lowest BCUT2D eigenvalue weighted by atomic mass is 10.2. The fourth-order valence-electron chi connectivity index (χ4n) is 1.67. The van der Waals surface area contributed by atoms with Gasteiger partial charge in [-0.05, 0) is 19.9 Å². The number of pyridine rings is 1. The Morgan fingerprint density at radius 3 is 2.71 bits per heavy atom. The molecule has 6 nitrogen and oxygen atoms in total. The minimum Gasteiger partial charge on any atom is -0.465 e. The van der Waals surface area contributed by atoms with Crippen LogP contribution in [0.25, 0.3) is 0 Å². The third-order valence-electron chi connectivity index (χ3n) is 2.70. The van der Waals surface area contributed by atoms with Gasteiger partial charge >= 0.3 is 5.97 Å². The Morgan fingerprint density at radius 1 is 1.43 bits per heavy atom. The van der Waals surface area contributed by atoms with Crippen molar-refractivity contribution >= 4 is 23.5 Å². The summed E-state index contributed by atoms with van der Waals surface area (Å²) >= 11 is 6.07. The van der Waals surface area contributed by atoms with E-state index < -0.39 is 5.97 Å². The summed E-state index contributed by atoms with van der Waals surface area (Å²) in [5.74, 6) is -0.851. The smallest absolute Gasteiger partial charge is 0.325 e. The molecule has 0 unspecified atom stereocenters. The van der Waals surface area contributed by atoms with E-state index in [2.05, 4.69) is 4.98 Å².